The smallest absolute Gasteiger partial charge is 0.186 e. The van der Waals surface area contributed by atoms with Gasteiger partial charge >= 0.3 is 0 Å². The first-order chi connectivity index (χ1) is 9.76. The molecule has 2 aromatic rings. The summed E-state index contributed by atoms with van der Waals surface area (Å²) in [6.07, 6.45) is 7.34. The van der Waals surface area contributed by atoms with Crippen molar-refractivity contribution in [3.63, 3.8) is 0 Å². The predicted octanol–water partition coefficient (Wildman–Crippen LogP) is 2.57. The SMILES string of the molecule is Cc1ccc(CCC2(Cn3ccnc3)OCCO2)cc1. The Morgan fingerprint density at radius 1 is 1.20 bits per heavy atom. The zero-order valence-corrected chi connectivity index (χ0v) is 11.8. The van der Waals surface area contributed by atoms with E-state index in [0.717, 1.165) is 12.8 Å². The maximum Gasteiger partial charge on any atom is 0.186 e. The molecule has 0 N–H and O–H groups in total. The van der Waals surface area contributed by atoms with Crippen LogP contribution in [0, 0.1) is 6.92 Å². The van der Waals surface area contributed by atoms with Crippen molar-refractivity contribution in [2.75, 3.05) is 13.2 Å². The van der Waals surface area contributed by atoms with E-state index < -0.39 is 5.79 Å². The van der Waals surface area contributed by atoms with Gasteiger partial charge in [0, 0.05) is 18.8 Å². The Labute approximate surface area is 119 Å². The van der Waals surface area contributed by atoms with Crippen LogP contribution >= 0.6 is 0 Å². The fourth-order valence-corrected chi connectivity index (χ4v) is 2.56. The fourth-order valence-electron chi connectivity index (χ4n) is 2.56. The average molecular weight is 272 g/mol. The van der Waals surface area contributed by atoms with Gasteiger partial charge in [0.1, 0.15) is 0 Å². The summed E-state index contributed by atoms with van der Waals surface area (Å²) >= 11 is 0. The zero-order chi connectivity index (χ0) is 13.8. The fraction of sp³-hybridized carbons (Fsp3) is 0.438. The van der Waals surface area contributed by atoms with Crippen molar-refractivity contribution in [1.82, 2.24) is 9.55 Å². The Balaban J connectivity index is 1.66. The molecule has 4 heteroatoms. The molecule has 1 saturated heterocycles. The second kappa shape index (κ2) is 5.77. The largest absolute Gasteiger partial charge is 0.346 e. The molecular weight excluding hydrogens is 252 g/mol. The summed E-state index contributed by atoms with van der Waals surface area (Å²) in [6, 6.07) is 8.65. The highest BCUT2D eigenvalue weighted by Gasteiger charge is 2.36. The number of aromatic nitrogens is 2. The summed E-state index contributed by atoms with van der Waals surface area (Å²) in [6.45, 7) is 4.14. The molecule has 1 aromatic carbocycles. The molecule has 0 saturated carbocycles. The highest BCUT2D eigenvalue weighted by molar-refractivity contribution is 5.21. The third-order valence-electron chi connectivity index (χ3n) is 3.71. The van der Waals surface area contributed by atoms with Gasteiger partial charge in [-0.3, -0.25) is 0 Å². The minimum absolute atomic E-state index is 0.508. The number of rotatable bonds is 5. The van der Waals surface area contributed by atoms with Crippen LogP contribution in [0.4, 0.5) is 0 Å². The molecule has 1 aliphatic heterocycles. The van der Waals surface area contributed by atoms with Gasteiger partial charge in [-0.05, 0) is 18.9 Å². The molecule has 2 heterocycles. The number of aryl methyl sites for hydroxylation is 2. The maximum absolute atomic E-state index is 5.89. The van der Waals surface area contributed by atoms with Crippen molar-refractivity contribution in [2.45, 2.75) is 32.1 Å². The predicted molar refractivity (Wildman–Crippen MR) is 76.4 cm³/mol. The minimum atomic E-state index is -0.508. The second-order valence-electron chi connectivity index (χ2n) is 5.33. The Kier molecular flexibility index (Phi) is 3.85. The number of hydrogen-bond acceptors (Lipinski definition) is 3. The van der Waals surface area contributed by atoms with Crippen LogP contribution in [0.1, 0.15) is 17.5 Å². The monoisotopic (exact) mass is 272 g/mol. The first-order valence-electron chi connectivity index (χ1n) is 7.05. The highest BCUT2D eigenvalue weighted by Crippen LogP contribution is 2.27. The van der Waals surface area contributed by atoms with Crippen LogP contribution in [0.3, 0.4) is 0 Å². The molecule has 0 radical (unpaired) electrons. The van der Waals surface area contributed by atoms with Gasteiger partial charge in [-0.15, -0.1) is 0 Å². The Morgan fingerprint density at radius 3 is 2.60 bits per heavy atom. The van der Waals surface area contributed by atoms with E-state index in [-0.39, 0.29) is 0 Å². The van der Waals surface area contributed by atoms with Gasteiger partial charge in [0.05, 0.1) is 26.1 Å². The standard InChI is InChI=1S/C16H20N2O2/c1-14-2-4-15(5-3-14)6-7-16(19-10-11-20-16)12-18-9-8-17-13-18/h2-5,8-9,13H,6-7,10-12H2,1H3. The quantitative estimate of drug-likeness (QED) is 0.839. The van der Waals surface area contributed by atoms with E-state index in [2.05, 4.69) is 36.2 Å². The third-order valence-corrected chi connectivity index (χ3v) is 3.71. The van der Waals surface area contributed by atoms with Crippen LogP contribution in [0.25, 0.3) is 0 Å². The van der Waals surface area contributed by atoms with Crippen molar-refractivity contribution in [1.29, 1.82) is 0 Å². The van der Waals surface area contributed by atoms with Gasteiger partial charge in [-0.1, -0.05) is 29.8 Å². The number of benzene rings is 1. The van der Waals surface area contributed by atoms with Crippen molar-refractivity contribution >= 4 is 0 Å². The molecule has 0 aliphatic carbocycles. The summed E-state index contributed by atoms with van der Waals surface area (Å²) in [4.78, 5) is 4.08. The van der Waals surface area contributed by atoms with Crippen LogP contribution in [0.2, 0.25) is 0 Å². The molecule has 1 aliphatic rings. The van der Waals surface area contributed by atoms with Crippen LogP contribution < -0.4 is 0 Å². The van der Waals surface area contributed by atoms with Crippen LogP contribution in [0.5, 0.6) is 0 Å². The Bertz CT molecular complexity index is 528. The van der Waals surface area contributed by atoms with Gasteiger partial charge < -0.3 is 14.0 Å². The normalized spacial score (nSPS) is 17.4. The zero-order valence-electron chi connectivity index (χ0n) is 11.8. The van der Waals surface area contributed by atoms with Crippen LogP contribution in [0.15, 0.2) is 43.0 Å². The number of ether oxygens (including phenoxy) is 2. The number of imidazole rings is 1. The minimum Gasteiger partial charge on any atom is -0.346 e. The Hall–Kier alpha value is -1.65. The third kappa shape index (κ3) is 3.08. The van der Waals surface area contributed by atoms with E-state index in [1.165, 1.54) is 11.1 Å². The lowest BCUT2D eigenvalue weighted by atomic mass is 10.0. The summed E-state index contributed by atoms with van der Waals surface area (Å²) in [7, 11) is 0. The summed E-state index contributed by atoms with van der Waals surface area (Å²) in [5.74, 6) is -0.508. The summed E-state index contributed by atoms with van der Waals surface area (Å²) in [5, 5.41) is 0. The maximum atomic E-state index is 5.89. The van der Waals surface area contributed by atoms with Crippen molar-refractivity contribution in [2.24, 2.45) is 0 Å². The molecule has 1 aromatic heterocycles. The van der Waals surface area contributed by atoms with Gasteiger partial charge in [-0.2, -0.15) is 0 Å². The van der Waals surface area contributed by atoms with Crippen molar-refractivity contribution in [3.05, 3.63) is 54.1 Å². The van der Waals surface area contributed by atoms with Gasteiger partial charge in [-0.25, -0.2) is 4.98 Å². The van der Waals surface area contributed by atoms with Crippen molar-refractivity contribution in [3.8, 4) is 0 Å². The molecule has 0 spiro atoms. The first-order valence-corrected chi connectivity index (χ1v) is 7.05. The highest BCUT2D eigenvalue weighted by atomic mass is 16.7. The number of hydrogen-bond donors (Lipinski definition) is 0. The lowest BCUT2D eigenvalue weighted by Crippen LogP contribution is -2.35. The van der Waals surface area contributed by atoms with E-state index in [1.807, 2.05) is 10.8 Å². The first kappa shape index (κ1) is 13.3. The van der Waals surface area contributed by atoms with E-state index >= 15 is 0 Å². The molecule has 0 bridgehead atoms. The molecular formula is C16H20N2O2. The van der Waals surface area contributed by atoms with E-state index in [1.54, 1.807) is 12.5 Å². The van der Waals surface area contributed by atoms with Crippen LogP contribution in [-0.4, -0.2) is 28.6 Å². The van der Waals surface area contributed by atoms with E-state index in [0.29, 0.717) is 19.8 Å². The molecule has 4 nitrogen and oxygen atoms in total. The molecule has 1 fully saturated rings. The van der Waals surface area contributed by atoms with Gasteiger partial charge in [0.15, 0.2) is 5.79 Å². The average Bonchev–Trinajstić information content (AvgIpc) is 3.11. The van der Waals surface area contributed by atoms with Crippen LogP contribution in [-0.2, 0) is 22.4 Å². The van der Waals surface area contributed by atoms with E-state index in [4.69, 9.17) is 9.47 Å². The lowest BCUT2D eigenvalue weighted by molar-refractivity contribution is -0.171. The van der Waals surface area contributed by atoms with Gasteiger partial charge in [0.25, 0.3) is 0 Å². The second-order valence-corrected chi connectivity index (χ2v) is 5.33. The summed E-state index contributed by atoms with van der Waals surface area (Å²) in [5.41, 5.74) is 2.61. The molecule has 3 rings (SSSR count). The van der Waals surface area contributed by atoms with Crippen molar-refractivity contribution < 1.29 is 9.47 Å². The van der Waals surface area contributed by atoms with E-state index in [9.17, 15) is 0 Å². The molecule has 0 unspecified atom stereocenters. The Morgan fingerprint density at radius 2 is 1.95 bits per heavy atom. The van der Waals surface area contributed by atoms with Gasteiger partial charge in [0.2, 0.25) is 0 Å². The molecule has 106 valence electrons. The number of nitrogens with zero attached hydrogens (tertiary/aromatic N) is 2. The topological polar surface area (TPSA) is 36.3 Å². The molecule has 0 atom stereocenters. The molecule has 20 heavy (non-hydrogen) atoms. The summed E-state index contributed by atoms with van der Waals surface area (Å²) < 4.78 is 13.8. The lowest BCUT2D eigenvalue weighted by Gasteiger charge is -2.27. The molecule has 0 amide bonds.